The number of carbonyl (C=O) groups is 5. The summed E-state index contributed by atoms with van der Waals surface area (Å²) in [5, 5.41) is 9.85. The zero-order chi connectivity index (χ0) is 58.3. The number of aromatic amines is 1. The molecule has 6 heterocycles. The number of nitrogens with two attached hydrogens (primary N) is 1. The molecule has 8 rings (SSSR count). The van der Waals surface area contributed by atoms with Crippen LogP contribution < -0.4 is 26.6 Å². The number of piperidine rings is 1. The first-order valence-corrected chi connectivity index (χ1v) is 32.8. The molecule has 28 heteroatoms. The van der Waals surface area contributed by atoms with Crippen LogP contribution in [0.4, 0.5) is 15.9 Å². The minimum Gasteiger partial charge on any atom is -0.370 e. The first-order valence-electron chi connectivity index (χ1n) is 28.4. The summed E-state index contributed by atoms with van der Waals surface area (Å²) >= 11 is 2.16. The number of fused-ring (bicyclic) bond motifs is 8. The van der Waals surface area contributed by atoms with Gasteiger partial charge in [-0.1, -0.05) is 17.7 Å². The van der Waals surface area contributed by atoms with E-state index in [0.717, 1.165) is 46.3 Å². The van der Waals surface area contributed by atoms with E-state index in [2.05, 4.69) is 25.8 Å². The maximum Gasteiger partial charge on any atom is 0.144 e. The van der Waals surface area contributed by atoms with Gasteiger partial charge < -0.3 is 49.9 Å². The predicted octanol–water partition coefficient (Wildman–Crippen LogP) is 1.30. The number of nitrogens with one attached hydrogen (secondary N) is 4. The van der Waals surface area contributed by atoms with Gasteiger partial charge >= 0.3 is 191 Å². The van der Waals surface area contributed by atoms with Gasteiger partial charge in [-0.25, -0.2) is 14.4 Å². The average Bonchev–Trinajstić information content (AvgIpc) is 4.06. The summed E-state index contributed by atoms with van der Waals surface area (Å²) in [6.45, 7) is 11.7. The van der Waals surface area contributed by atoms with E-state index in [1.165, 1.54) is 12.1 Å². The fourth-order valence-electron chi connectivity index (χ4n) is 9.92. The third-order valence-corrected chi connectivity index (χ3v) is 18.4. The molecule has 452 valence electrons. The molecule has 25 nitrogen and oxygen atoms in total. The van der Waals surface area contributed by atoms with Crippen molar-refractivity contribution in [2.75, 3.05) is 188 Å². The predicted molar refractivity (Wildman–Crippen MR) is 307 cm³/mol. The van der Waals surface area contributed by atoms with Crippen LogP contribution in [0, 0.1) is 12.7 Å². The molecule has 2 aromatic carbocycles. The Balaban J connectivity index is 0.654. The second-order valence-electron chi connectivity index (χ2n) is 20.6. The molecule has 4 fully saturated rings. The van der Waals surface area contributed by atoms with E-state index < -0.39 is 40.7 Å². The Kier molecular flexibility index (Phi) is 25.6. The number of anilines is 2. The maximum absolute atomic E-state index is 14.9. The van der Waals surface area contributed by atoms with Crippen molar-refractivity contribution in [3.8, 4) is 22.5 Å². The minimum atomic E-state index is -4.20. The fraction of sp³-hybridized carbons (Fsp3) is 0.582. The van der Waals surface area contributed by atoms with Crippen LogP contribution in [0.2, 0.25) is 5.02 Å². The van der Waals surface area contributed by atoms with Crippen LogP contribution in [0.3, 0.4) is 0 Å². The van der Waals surface area contributed by atoms with Crippen molar-refractivity contribution in [1.29, 1.82) is 0 Å². The number of hydrogen-bond donors (Lipinski definition) is 5. The summed E-state index contributed by atoms with van der Waals surface area (Å²) in [5.74, 6) is -1.31. The molecule has 4 aromatic rings. The second-order valence-corrected chi connectivity index (χ2v) is 24.7. The standard InChI is InChI=1S/C55H80ClFN12O13.In/c1-39-30-40(32-42(57)31-39)44-34-62-54(52(53(44)69-10-4-43(58)5-11-69)55-63-45-3-2-41(56)33-46(45)64-55)61-8-7-59-47(70)6-20-78-22-24-80-26-28-82-29-27-81-25-23-79-21-9-60-48(71)35-65-12-14-66(36-49(72)73)16-18-68(38-51(76)77)19-17-67(15-13-65)37-50(74)75;/h2-3,30-34,43H,4-29,35-38,58H2,1H3,(H,59,70)(H,60,71)(H,61,62)(H,63,64)(H,72,73)(H,74,75)(H,76,77);/q;+3/p-3. The normalized spacial score (nSPS) is 19.5. The molecule has 4 aliphatic rings. The van der Waals surface area contributed by atoms with Gasteiger partial charge in [-0.15, -0.1) is 0 Å². The third-order valence-electron chi connectivity index (χ3n) is 14.2. The number of imidazole rings is 1. The van der Waals surface area contributed by atoms with E-state index in [-0.39, 0.29) is 62.9 Å². The van der Waals surface area contributed by atoms with E-state index in [4.69, 9.17) is 59.6 Å². The molecule has 4 saturated heterocycles. The van der Waals surface area contributed by atoms with Crippen LogP contribution >= 0.6 is 11.6 Å². The molecule has 0 aliphatic carbocycles. The van der Waals surface area contributed by atoms with Gasteiger partial charge in [0.15, 0.2) is 0 Å². The number of hydrogen-bond acceptors (Lipinski definition) is 22. The summed E-state index contributed by atoms with van der Waals surface area (Å²) in [4.78, 5) is 87.3. The number of aromatic nitrogens is 3. The third kappa shape index (κ3) is 21.0. The van der Waals surface area contributed by atoms with Gasteiger partial charge in [0.1, 0.15) is 17.5 Å². The first-order chi connectivity index (χ1) is 40.3. The van der Waals surface area contributed by atoms with Crippen molar-refractivity contribution >= 4 is 86.6 Å². The fourth-order valence-corrected chi connectivity index (χ4v) is 13.0. The van der Waals surface area contributed by atoms with E-state index in [0.29, 0.717) is 167 Å². The number of ether oxygens (including phenoxy) is 5. The molecular formula is C55H77ClFInN12O13. The number of aryl methyl sites for hydroxylation is 1. The largest absolute Gasteiger partial charge is 0.370 e. The number of carbonyl (C=O) groups excluding carboxylic acids is 5. The number of H-pyrrole nitrogens is 1. The molecule has 2 unspecified atom stereocenters. The molecule has 0 spiro atoms. The number of pyridine rings is 1. The topological polar surface area (TPSA) is 279 Å². The van der Waals surface area contributed by atoms with Gasteiger partial charge in [-0.2, -0.15) is 0 Å². The van der Waals surface area contributed by atoms with Gasteiger partial charge in [0.25, 0.3) is 0 Å². The molecule has 4 aliphatic heterocycles. The van der Waals surface area contributed by atoms with Crippen LogP contribution in [-0.2, 0) is 56.2 Å². The number of rotatable bonds is 27. The van der Waals surface area contributed by atoms with Crippen molar-refractivity contribution in [2.45, 2.75) is 32.2 Å². The SMILES string of the molecule is Cc1cc(F)cc(-c2cnc(NCCNC(=O)CCOCCOCCOCCOCCOCCNC(=O)CN3CCN4CCN5CCN(CC3)CC(=O)[O][In]([O]C(=O)C4)[O]C(=O)C5)c(-c3nc4ccc(Cl)cc4[nH]3)c2N2CCC(N)CC2)c1. The van der Waals surface area contributed by atoms with Crippen molar-refractivity contribution in [2.24, 2.45) is 5.73 Å². The van der Waals surface area contributed by atoms with Crippen LogP contribution in [0.15, 0.2) is 42.6 Å². The van der Waals surface area contributed by atoms with Gasteiger partial charge in [0.05, 0.1) is 81.7 Å². The van der Waals surface area contributed by atoms with Crippen LogP contribution in [-0.4, -0.2) is 270 Å². The van der Waals surface area contributed by atoms with Crippen LogP contribution in [0.25, 0.3) is 33.5 Å². The Morgan fingerprint density at radius 2 is 1.27 bits per heavy atom. The van der Waals surface area contributed by atoms with Crippen molar-refractivity contribution < 1.29 is 60.6 Å². The van der Waals surface area contributed by atoms with Gasteiger partial charge in [0, 0.05) is 55.4 Å². The number of benzene rings is 2. The number of halogens is 2. The van der Waals surface area contributed by atoms with Gasteiger partial charge in [0.2, 0.25) is 5.91 Å². The van der Waals surface area contributed by atoms with Crippen molar-refractivity contribution in [3.63, 3.8) is 0 Å². The number of amides is 2. The maximum atomic E-state index is 14.9. The quantitative estimate of drug-likeness (QED) is 0.0526. The Labute approximate surface area is 496 Å². The molecule has 2 amide bonds. The van der Waals surface area contributed by atoms with E-state index in [1.807, 2.05) is 44.7 Å². The summed E-state index contributed by atoms with van der Waals surface area (Å²) in [5.41, 5.74) is 11.7. The summed E-state index contributed by atoms with van der Waals surface area (Å²) in [6, 6.07) is 10.5. The van der Waals surface area contributed by atoms with Crippen LogP contribution in [0.5, 0.6) is 0 Å². The zero-order valence-electron chi connectivity index (χ0n) is 47.2. The summed E-state index contributed by atoms with van der Waals surface area (Å²) in [7, 11) is 0. The van der Waals surface area contributed by atoms with Gasteiger partial charge in [-0.3, -0.25) is 4.79 Å². The molecule has 2 atom stereocenters. The monoisotopic (exact) mass is 1280 g/mol. The molecule has 2 aromatic heterocycles. The van der Waals surface area contributed by atoms with E-state index in [9.17, 15) is 28.4 Å². The van der Waals surface area contributed by atoms with Crippen molar-refractivity contribution in [1.82, 2.24) is 45.2 Å². The first kappa shape index (κ1) is 63.7. The minimum absolute atomic E-state index is 0.0146. The van der Waals surface area contributed by atoms with Crippen LogP contribution in [0.1, 0.15) is 24.8 Å². The molecular weight excluding hydrogens is 1210 g/mol. The van der Waals surface area contributed by atoms with Gasteiger partial charge in [-0.05, 0) is 61.2 Å². The molecule has 0 radical (unpaired) electrons. The Bertz CT molecular complexity index is 2730. The number of nitrogens with zero attached hydrogens (tertiary/aromatic N) is 7. The molecule has 83 heavy (non-hydrogen) atoms. The molecule has 0 saturated carbocycles. The molecule has 4 bridgehead atoms. The Morgan fingerprint density at radius 1 is 0.711 bits per heavy atom. The smallest absolute Gasteiger partial charge is 0.144 e. The molecule has 6 N–H and O–H groups in total. The Hall–Kier alpha value is -5.30. The van der Waals surface area contributed by atoms with E-state index in [1.54, 1.807) is 12.3 Å². The summed E-state index contributed by atoms with van der Waals surface area (Å²) < 4.78 is 59.2. The second kappa shape index (κ2) is 33.4. The average molecular weight is 1280 g/mol. The zero-order valence-corrected chi connectivity index (χ0v) is 51.2. The van der Waals surface area contributed by atoms with Crippen molar-refractivity contribution in [3.05, 3.63) is 59.0 Å². The summed E-state index contributed by atoms with van der Waals surface area (Å²) in [6.07, 6.45) is 3.52. The Morgan fingerprint density at radius 3 is 1.86 bits per heavy atom. The van der Waals surface area contributed by atoms with E-state index >= 15 is 0 Å².